The molecule has 4 N–H and O–H groups in total. The van der Waals surface area contributed by atoms with Gasteiger partial charge in [-0.15, -0.1) is 0 Å². The van der Waals surface area contributed by atoms with E-state index in [-0.39, 0.29) is 12.1 Å². The van der Waals surface area contributed by atoms with Crippen LogP contribution in [0.1, 0.15) is 38.5 Å². The average Bonchev–Trinajstić information content (AvgIpc) is 3.28. The molecule has 0 amide bonds. The Hall–Kier alpha value is -0.970. The lowest BCUT2D eigenvalue weighted by molar-refractivity contribution is 0.386. The molecule has 0 unspecified atom stereocenters. The topological polar surface area (TPSA) is 62.4 Å². The summed E-state index contributed by atoms with van der Waals surface area (Å²) in [4.78, 5) is 4.83. The fraction of sp³-hybridized carbons (Fsp3) is 0.562. The molecule has 0 aliphatic heterocycles. The maximum Gasteiger partial charge on any atom is 0.196 e. The third-order valence-electron chi connectivity index (χ3n) is 4.18. The van der Waals surface area contributed by atoms with Crippen molar-refractivity contribution in [3.63, 3.8) is 0 Å². The number of benzene rings is 1. The SMILES string of the molecule is N[C@H]1CCCC[C@@H]1N=C(Nc1ccc(Cl)cc1Cl)NC1CC1. The van der Waals surface area contributed by atoms with E-state index in [2.05, 4.69) is 10.6 Å². The molecule has 2 saturated carbocycles. The van der Waals surface area contributed by atoms with Crippen molar-refractivity contribution in [3.05, 3.63) is 28.2 Å². The summed E-state index contributed by atoms with van der Waals surface area (Å²) in [5, 5.41) is 7.96. The molecule has 0 radical (unpaired) electrons. The van der Waals surface area contributed by atoms with Crippen LogP contribution in [0.4, 0.5) is 5.69 Å². The number of aliphatic imine (C=N–C) groups is 1. The minimum absolute atomic E-state index is 0.146. The summed E-state index contributed by atoms with van der Waals surface area (Å²) in [5.41, 5.74) is 7.02. The zero-order valence-corrected chi connectivity index (χ0v) is 14.0. The van der Waals surface area contributed by atoms with Crippen LogP contribution in [-0.4, -0.2) is 24.1 Å². The zero-order valence-electron chi connectivity index (χ0n) is 12.5. The van der Waals surface area contributed by atoms with Gasteiger partial charge in [-0.2, -0.15) is 0 Å². The Balaban J connectivity index is 1.76. The van der Waals surface area contributed by atoms with Crippen LogP contribution in [0.3, 0.4) is 0 Å². The summed E-state index contributed by atoms with van der Waals surface area (Å²) in [6.07, 6.45) is 6.87. The van der Waals surface area contributed by atoms with Gasteiger partial charge in [-0.3, -0.25) is 0 Å². The molecule has 0 heterocycles. The average molecular weight is 341 g/mol. The monoisotopic (exact) mass is 340 g/mol. The van der Waals surface area contributed by atoms with Crippen molar-refractivity contribution in [3.8, 4) is 0 Å². The van der Waals surface area contributed by atoms with E-state index in [0.717, 1.165) is 24.5 Å². The smallest absolute Gasteiger partial charge is 0.196 e. The first-order chi connectivity index (χ1) is 10.6. The largest absolute Gasteiger partial charge is 0.353 e. The summed E-state index contributed by atoms with van der Waals surface area (Å²) in [7, 11) is 0. The minimum atomic E-state index is 0.146. The van der Waals surface area contributed by atoms with Gasteiger partial charge in [0.05, 0.1) is 16.8 Å². The van der Waals surface area contributed by atoms with Gasteiger partial charge in [0.2, 0.25) is 0 Å². The molecule has 0 aromatic heterocycles. The first-order valence-electron chi connectivity index (χ1n) is 7.94. The number of hydrogen-bond acceptors (Lipinski definition) is 2. The van der Waals surface area contributed by atoms with Gasteiger partial charge in [-0.1, -0.05) is 36.0 Å². The van der Waals surface area contributed by atoms with Crippen molar-refractivity contribution >= 4 is 34.8 Å². The normalized spacial score (nSPS) is 25.9. The predicted octanol–water partition coefficient (Wildman–Crippen LogP) is 3.78. The molecule has 3 rings (SSSR count). The van der Waals surface area contributed by atoms with Crippen LogP contribution < -0.4 is 16.4 Å². The summed E-state index contributed by atoms with van der Waals surface area (Å²) < 4.78 is 0. The molecule has 2 fully saturated rings. The highest BCUT2D eigenvalue weighted by atomic mass is 35.5. The lowest BCUT2D eigenvalue weighted by Crippen LogP contribution is -2.40. The van der Waals surface area contributed by atoms with Crippen LogP contribution in [0.15, 0.2) is 23.2 Å². The number of rotatable bonds is 3. The van der Waals surface area contributed by atoms with Gasteiger partial charge in [0.1, 0.15) is 0 Å². The Morgan fingerprint density at radius 2 is 1.91 bits per heavy atom. The summed E-state index contributed by atoms with van der Waals surface area (Å²) in [6.45, 7) is 0. The fourth-order valence-corrected chi connectivity index (χ4v) is 3.17. The van der Waals surface area contributed by atoms with E-state index >= 15 is 0 Å². The summed E-state index contributed by atoms with van der Waals surface area (Å²) in [5.74, 6) is 0.772. The van der Waals surface area contributed by atoms with Crippen LogP contribution in [-0.2, 0) is 0 Å². The van der Waals surface area contributed by atoms with Crippen molar-refractivity contribution in [1.82, 2.24) is 5.32 Å². The second-order valence-corrected chi connectivity index (χ2v) is 7.00. The highest BCUT2D eigenvalue weighted by Crippen LogP contribution is 2.27. The predicted molar refractivity (Wildman–Crippen MR) is 93.9 cm³/mol. The molecule has 22 heavy (non-hydrogen) atoms. The maximum atomic E-state index is 6.24. The quantitative estimate of drug-likeness (QED) is 0.579. The third-order valence-corrected chi connectivity index (χ3v) is 4.73. The molecular weight excluding hydrogens is 319 g/mol. The van der Waals surface area contributed by atoms with Crippen LogP contribution >= 0.6 is 23.2 Å². The van der Waals surface area contributed by atoms with Crippen LogP contribution in [0.5, 0.6) is 0 Å². The lowest BCUT2D eigenvalue weighted by atomic mass is 9.91. The lowest BCUT2D eigenvalue weighted by Gasteiger charge is -2.26. The first kappa shape index (κ1) is 15.9. The van der Waals surface area contributed by atoms with E-state index in [0.29, 0.717) is 16.1 Å². The van der Waals surface area contributed by atoms with E-state index in [9.17, 15) is 0 Å². The Morgan fingerprint density at radius 1 is 1.14 bits per heavy atom. The van der Waals surface area contributed by atoms with Gasteiger partial charge < -0.3 is 16.4 Å². The Kier molecular flexibility index (Phi) is 5.11. The van der Waals surface area contributed by atoms with Gasteiger partial charge in [0.15, 0.2) is 5.96 Å². The summed E-state index contributed by atoms with van der Waals surface area (Å²) in [6, 6.07) is 6.25. The van der Waals surface area contributed by atoms with Gasteiger partial charge in [0, 0.05) is 17.1 Å². The molecule has 6 heteroatoms. The molecule has 4 nitrogen and oxygen atoms in total. The Labute approximate surface area is 141 Å². The highest BCUT2D eigenvalue weighted by molar-refractivity contribution is 6.36. The second kappa shape index (κ2) is 7.07. The van der Waals surface area contributed by atoms with Gasteiger partial charge in [-0.25, -0.2) is 4.99 Å². The molecule has 0 saturated heterocycles. The maximum absolute atomic E-state index is 6.24. The van der Waals surface area contributed by atoms with Crippen LogP contribution in [0.25, 0.3) is 0 Å². The van der Waals surface area contributed by atoms with Crippen LogP contribution in [0, 0.1) is 0 Å². The number of nitrogens with zero attached hydrogens (tertiary/aromatic N) is 1. The van der Waals surface area contributed by atoms with Crippen LogP contribution in [0.2, 0.25) is 10.0 Å². The fourth-order valence-electron chi connectivity index (χ4n) is 2.71. The zero-order chi connectivity index (χ0) is 15.5. The highest BCUT2D eigenvalue weighted by Gasteiger charge is 2.25. The molecule has 0 bridgehead atoms. The van der Waals surface area contributed by atoms with E-state index in [4.69, 9.17) is 33.9 Å². The van der Waals surface area contributed by atoms with E-state index < -0.39 is 0 Å². The third kappa shape index (κ3) is 4.28. The van der Waals surface area contributed by atoms with Gasteiger partial charge in [0.25, 0.3) is 0 Å². The van der Waals surface area contributed by atoms with E-state index in [1.165, 1.54) is 25.7 Å². The molecule has 0 spiro atoms. The number of anilines is 1. The molecule has 2 aliphatic rings. The van der Waals surface area contributed by atoms with Gasteiger partial charge in [-0.05, 0) is 43.9 Å². The molecule has 2 atom stereocenters. The van der Waals surface area contributed by atoms with E-state index in [1.54, 1.807) is 6.07 Å². The molecule has 120 valence electrons. The number of halogens is 2. The standard InChI is InChI=1S/C16H22Cl2N4/c17-10-5-8-14(12(18)9-10)21-16(20-11-6-7-11)22-15-4-2-1-3-13(15)19/h5,8-9,11,13,15H,1-4,6-7,19H2,(H2,20,21,22)/t13-,15-/m0/s1. The van der Waals surface area contributed by atoms with Crippen molar-refractivity contribution in [1.29, 1.82) is 0 Å². The van der Waals surface area contributed by atoms with Crippen molar-refractivity contribution in [2.45, 2.75) is 56.7 Å². The molecule has 2 aliphatic carbocycles. The number of guanidine groups is 1. The summed E-state index contributed by atoms with van der Waals surface area (Å²) >= 11 is 12.2. The first-order valence-corrected chi connectivity index (χ1v) is 8.69. The van der Waals surface area contributed by atoms with Crippen molar-refractivity contribution in [2.24, 2.45) is 10.7 Å². The van der Waals surface area contributed by atoms with E-state index in [1.807, 2.05) is 12.1 Å². The number of hydrogen-bond donors (Lipinski definition) is 3. The van der Waals surface area contributed by atoms with Gasteiger partial charge >= 0.3 is 0 Å². The van der Waals surface area contributed by atoms with Crippen molar-refractivity contribution < 1.29 is 0 Å². The minimum Gasteiger partial charge on any atom is -0.353 e. The second-order valence-electron chi connectivity index (χ2n) is 6.16. The Bertz CT molecular complexity index is 557. The molecular formula is C16H22Cl2N4. The molecule has 1 aromatic rings. The molecule has 1 aromatic carbocycles. The number of nitrogens with one attached hydrogen (secondary N) is 2. The Morgan fingerprint density at radius 3 is 2.59 bits per heavy atom. The van der Waals surface area contributed by atoms with Crippen molar-refractivity contribution in [2.75, 3.05) is 5.32 Å². The number of nitrogens with two attached hydrogens (primary N) is 1.